The number of amides is 1. The van der Waals surface area contributed by atoms with Crippen molar-refractivity contribution in [3.8, 4) is 0 Å². The van der Waals surface area contributed by atoms with Gasteiger partial charge in [0.25, 0.3) is 0 Å². The second-order valence-corrected chi connectivity index (χ2v) is 8.43. The van der Waals surface area contributed by atoms with Crippen LogP contribution in [0.1, 0.15) is 30.4 Å². The lowest BCUT2D eigenvalue weighted by molar-refractivity contribution is -0.118. The average Bonchev–Trinajstić information content (AvgIpc) is 2.97. The van der Waals surface area contributed by atoms with Crippen molar-refractivity contribution in [1.29, 1.82) is 0 Å². The van der Waals surface area contributed by atoms with Gasteiger partial charge in [0, 0.05) is 18.3 Å². The lowest BCUT2D eigenvalue weighted by Gasteiger charge is -2.31. The zero-order valence-electron chi connectivity index (χ0n) is 13.7. The molecule has 1 atom stereocenters. The number of nitrogens with zero attached hydrogens (tertiary/aromatic N) is 2. The molecule has 1 aliphatic heterocycles. The van der Waals surface area contributed by atoms with E-state index in [2.05, 4.69) is 5.16 Å². The third-order valence-electron chi connectivity index (χ3n) is 4.28. The minimum atomic E-state index is -3.68. The van der Waals surface area contributed by atoms with Crippen molar-refractivity contribution >= 4 is 21.4 Å². The SMILES string of the molecule is Cc1cc(CS(=O)(=O)[C@@H](C)C(=O)N2CCCc3ccccc32)on1. The molecule has 6 nitrogen and oxygen atoms in total. The number of anilines is 1. The van der Waals surface area contributed by atoms with Gasteiger partial charge in [-0.15, -0.1) is 0 Å². The molecule has 0 N–H and O–H groups in total. The van der Waals surface area contributed by atoms with Crippen LogP contribution in [0.4, 0.5) is 5.69 Å². The number of carbonyl (C=O) groups excluding carboxylic acids is 1. The third-order valence-corrected chi connectivity index (χ3v) is 6.25. The van der Waals surface area contributed by atoms with Gasteiger partial charge < -0.3 is 9.42 Å². The van der Waals surface area contributed by atoms with Gasteiger partial charge in [0.1, 0.15) is 11.0 Å². The number of para-hydroxylation sites is 1. The van der Waals surface area contributed by atoms with E-state index in [0.29, 0.717) is 12.2 Å². The Kier molecular flexibility index (Phi) is 4.45. The molecule has 0 saturated carbocycles. The quantitative estimate of drug-likeness (QED) is 0.847. The lowest BCUT2D eigenvalue weighted by atomic mass is 10.0. The van der Waals surface area contributed by atoms with Crippen LogP contribution >= 0.6 is 0 Å². The molecule has 0 fully saturated rings. The second kappa shape index (κ2) is 6.39. The molecule has 0 unspecified atom stereocenters. The highest BCUT2D eigenvalue weighted by Crippen LogP contribution is 2.28. The van der Waals surface area contributed by atoms with E-state index in [0.717, 1.165) is 24.1 Å². The molecule has 128 valence electrons. The Labute approximate surface area is 141 Å². The predicted octanol–water partition coefficient (Wildman–Crippen LogP) is 2.27. The zero-order chi connectivity index (χ0) is 17.3. The number of benzene rings is 1. The number of aromatic nitrogens is 1. The average molecular weight is 348 g/mol. The molecule has 24 heavy (non-hydrogen) atoms. The minimum Gasteiger partial charge on any atom is -0.360 e. The summed E-state index contributed by atoms with van der Waals surface area (Å²) in [5, 5.41) is 2.56. The van der Waals surface area contributed by atoms with E-state index in [1.54, 1.807) is 17.9 Å². The van der Waals surface area contributed by atoms with Crippen LogP contribution in [-0.2, 0) is 26.8 Å². The number of sulfone groups is 1. The first-order chi connectivity index (χ1) is 11.4. The van der Waals surface area contributed by atoms with Gasteiger partial charge in [-0.3, -0.25) is 4.79 Å². The molecular weight excluding hydrogens is 328 g/mol. The minimum absolute atomic E-state index is 0.256. The van der Waals surface area contributed by atoms with Gasteiger partial charge in [0.05, 0.1) is 5.69 Å². The van der Waals surface area contributed by atoms with E-state index in [9.17, 15) is 13.2 Å². The molecule has 7 heteroatoms. The smallest absolute Gasteiger partial charge is 0.245 e. The number of hydrogen-bond acceptors (Lipinski definition) is 5. The normalized spacial score (nSPS) is 15.8. The number of fused-ring (bicyclic) bond motifs is 1. The Morgan fingerprint density at radius 3 is 2.83 bits per heavy atom. The summed E-state index contributed by atoms with van der Waals surface area (Å²) >= 11 is 0. The van der Waals surface area contributed by atoms with Gasteiger partial charge in [0.15, 0.2) is 15.6 Å². The molecule has 1 amide bonds. The van der Waals surface area contributed by atoms with Crippen molar-refractivity contribution in [3.63, 3.8) is 0 Å². The van der Waals surface area contributed by atoms with Gasteiger partial charge in [-0.25, -0.2) is 8.42 Å². The molecule has 2 heterocycles. The van der Waals surface area contributed by atoms with E-state index in [1.807, 2.05) is 24.3 Å². The highest BCUT2D eigenvalue weighted by atomic mass is 32.2. The Morgan fingerprint density at radius 1 is 1.38 bits per heavy atom. The van der Waals surface area contributed by atoms with Gasteiger partial charge in [-0.1, -0.05) is 23.4 Å². The fourth-order valence-corrected chi connectivity index (χ4v) is 4.16. The van der Waals surface area contributed by atoms with E-state index in [1.165, 1.54) is 6.92 Å². The molecule has 3 rings (SSSR count). The molecule has 0 bridgehead atoms. The first-order valence-corrected chi connectivity index (χ1v) is 9.63. The molecule has 0 aliphatic carbocycles. The summed E-state index contributed by atoms with van der Waals surface area (Å²) in [5.41, 5.74) is 2.50. The van der Waals surface area contributed by atoms with Gasteiger partial charge in [-0.2, -0.15) is 0 Å². The molecule has 1 aromatic heterocycles. The van der Waals surface area contributed by atoms with Crippen molar-refractivity contribution in [2.45, 2.75) is 37.7 Å². The molecule has 0 radical (unpaired) electrons. The van der Waals surface area contributed by atoms with Gasteiger partial charge in [-0.05, 0) is 38.3 Å². The molecular formula is C17H20N2O4S. The van der Waals surface area contributed by atoms with Crippen LogP contribution in [0.3, 0.4) is 0 Å². The number of hydrogen-bond donors (Lipinski definition) is 0. The van der Waals surface area contributed by atoms with Crippen molar-refractivity contribution in [3.05, 3.63) is 47.3 Å². The van der Waals surface area contributed by atoms with Crippen LogP contribution in [0.15, 0.2) is 34.9 Å². The largest absolute Gasteiger partial charge is 0.360 e. The maximum atomic E-state index is 12.8. The summed E-state index contributed by atoms with van der Waals surface area (Å²) in [7, 11) is -3.68. The highest BCUT2D eigenvalue weighted by molar-refractivity contribution is 7.92. The maximum Gasteiger partial charge on any atom is 0.245 e. The topological polar surface area (TPSA) is 80.5 Å². The fourth-order valence-electron chi connectivity index (χ4n) is 2.94. The van der Waals surface area contributed by atoms with Crippen molar-refractivity contribution in [1.82, 2.24) is 5.16 Å². The standard InChI is InChI=1S/C17H20N2O4S/c1-12-10-15(23-18-12)11-24(21,22)13(2)17(20)19-9-5-7-14-6-3-4-8-16(14)19/h3-4,6,8,10,13H,5,7,9,11H2,1-2H3/t13-/m0/s1. The predicted molar refractivity (Wildman–Crippen MR) is 90.4 cm³/mol. The third kappa shape index (κ3) is 3.21. The maximum absolute atomic E-state index is 12.8. The van der Waals surface area contributed by atoms with Crippen molar-refractivity contribution in [2.75, 3.05) is 11.4 Å². The van der Waals surface area contributed by atoms with Crippen LogP contribution in [0, 0.1) is 6.92 Å². The van der Waals surface area contributed by atoms with E-state index >= 15 is 0 Å². The summed E-state index contributed by atoms with van der Waals surface area (Å²) in [6.07, 6.45) is 1.73. The second-order valence-electron chi connectivity index (χ2n) is 6.11. The van der Waals surface area contributed by atoms with Crippen LogP contribution < -0.4 is 4.90 Å². The summed E-state index contributed by atoms with van der Waals surface area (Å²) in [6.45, 7) is 3.70. The lowest BCUT2D eigenvalue weighted by Crippen LogP contribution is -2.44. The molecule has 1 aromatic carbocycles. The first kappa shape index (κ1) is 16.7. The van der Waals surface area contributed by atoms with Crippen LogP contribution in [0.5, 0.6) is 0 Å². The molecule has 0 spiro atoms. The summed E-state index contributed by atoms with van der Waals surface area (Å²) in [5.74, 6) is -0.458. The molecule has 1 aliphatic rings. The number of aryl methyl sites for hydroxylation is 2. The molecule has 0 saturated heterocycles. The monoisotopic (exact) mass is 348 g/mol. The highest BCUT2D eigenvalue weighted by Gasteiger charge is 2.34. The summed E-state index contributed by atoms with van der Waals surface area (Å²) in [4.78, 5) is 14.4. The fraction of sp³-hybridized carbons (Fsp3) is 0.412. The van der Waals surface area contributed by atoms with Gasteiger partial charge in [0.2, 0.25) is 5.91 Å². The Bertz CT molecular complexity index is 857. The van der Waals surface area contributed by atoms with Crippen molar-refractivity contribution in [2.24, 2.45) is 0 Å². The Morgan fingerprint density at radius 2 is 2.12 bits per heavy atom. The van der Waals surface area contributed by atoms with Crippen LogP contribution in [0.25, 0.3) is 0 Å². The summed E-state index contributed by atoms with van der Waals surface area (Å²) in [6, 6.07) is 9.21. The molecule has 2 aromatic rings. The van der Waals surface area contributed by atoms with E-state index in [4.69, 9.17) is 4.52 Å². The van der Waals surface area contributed by atoms with Gasteiger partial charge >= 0.3 is 0 Å². The van der Waals surface area contributed by atoms with Crippen LogP contribution in [-0.4, -0.2) is 31.3 Å². The zero-order valence-corrected chi connectivity index (χ0v) is 14.5. The van der Waals surface area contributed by atoms with E-state index < -0.39 is 21.0 Å². The Balaban J connectivity index is 1.82. The van der Waals surface area contributed by atoms with Crippen LogP contribution in [0.2, 0.25) is 0 Å². The van der Waals surface area contributed by atoms with E-state index in [-0.39, 0.29) is 11.5 Å². The first-order valence-electron chi connectivity index (χ1n) is 7.91. The number of carbonyl (C=O) groups is 1. The number of rotatable bonds is 4. The Hall–Kier alpha value is -2.15. The van der Waals surface area contributed by atoms with Crippen molar-refractivity contribution < 1.29 is 17.7 Å². The summed E-state index contributed by atoms with van der Waals surface area (Å²) < 4.78 is 30.1.